The molecule has 0 amide bonds. The third kappa shape index (κ3) is 14.3. The van der Waals surface area contributed by atoms with Gasteiger partial charge in [0.25, 0.3) is 0 Å². The molecule has 0 saturated carbocycles. The second kappa shape index (κ2) is 15.7. The van der Waals surface area contributed by atoms with E-state index in [-0.39, 0.29) is 17.0 Å². The fraction of sp³-hybridized carbons (Fsp3) is 0.727. The van der Waals surface area contributed by atoms with Crippen molar-refractivity contribution >= 4 is 0 Å². The molecule has 0 fully saturated rings. The second-order valence-corrected chi connectivity index (χ2v) is 7.59. The molecule has 1 rings (SSSR count). The Morgan fingerprint density at radius 3 is 1.60 bits per heavy atom. The van der Waals surface area contributed by atoms with Gasteiger partial charge in [-0.25, -0.2) is 0 Å². The van der Waals surface area contributed by atoms with Crippen molar-refractivity contribution in [1.29, 1.82) is 0 Å². The van der Waals surface area contributed by atoms with Crippen molar-refractivity contribution in [1.82, 2.24) is 0 Å². The highest BCUT2D eigenvalue weighted by Crippen LogP contribution is 2.16. The Morgan fingerprint density at radius 1 is 0.680 bits per heavy atom. The standard InChI is InChI=1S/C22H40NO.BrH/c1-4-5-6-7-8-9-10-11-12-13-14-18-21-23(2,3)24-22-19-16-15-17-20-22;/h15-17,19-20H,4-14,18,21H2,1-3H3;1H/q+1;/p-1. The molecule has 0 heterocycles. The SMILES string of the molecule is CCCCCCCCCCCCCC[N+](C)(C)Oc1ccccc1.[Br-]. The molecule has 25 heavy (non-hydrogen) atoms. The third-order valence-electron chi connectivity index (χ3n) is 4.65. The molecule has 3 heteroatoms. The normalized spacial score (nSPS) is 11.2. The van der Waals surface area contributed by atoms with Crippen LogP contribution in [-0.2, 0) is 0 Å². The summed E-state index contributed by atoms with van der Waals surface area (Å²) in [5.41, 5.74) is 0. The highest BCUT2D eigenvalue weighted by atomic mass is 79.9. The molecule has 0 aliphatic rings. The van der Waals surface area contributed by atoms with Gasteiger partial charge in [0.15, 0.2) is 5.75 Å². The van der Waals surface area contributed by atoms with E-state index in [0.29, 0.717) is 4.65 Å². The molecule has 0 saturated heterocycles. The number of hydrogen-bond donors (Lipinski definition) is 0. The molecule has 0 spiro atoms. The van der Waals surface area contributed by atoms with E-state index >= 15 is 0 Å². The molecular weight excluding hydrogens is 374 g/mol. The molecule has 0 N–H and O–H groups in total. The molecule has 0 aromatic heterocycles. The summed E-state index contributed by atoms with van der Waals surface area (Å²) in [6.07, 6.45) is 16.8. The van der Waals surface area contributed by atoms with Gasteiger partial charge in [-0.2, -0.15) is 0 Å². The van der Waals surface area contributed by atoms with Gasteiger partial charge in [0.1, 0.15) is 20.6 Å². The van der Waals surface area contributed by atoms with Crippen LogP contribution in [0.25, 0.3) is 0 Å². The minimum Gasteiger partial charge on any atom is -1.00 e. The maximum atomic E-state index is 6.04. The van der Waals surface area contributed by atoms with Crippen LogP contribution in [0.3, 0.4) is 0 Å². The van der Waals surface area contributed by atoms with Gasteiger partial charge in [0.2, 0.25) is 0 Å². The van der Waals surface area contributed by atoms with E-state index in [0.717, 1.165) is 12.3 Å². The zero-order chi connectivity index (χ0) is 17.5. The number of halogens is 1. The lowest BCUT2D eigenvalue weighted by Gasteiger charge is -2.27. The van der Waals surface area contributed by atoms with Crippen molar-refractivity contribution in [3.8, 4) is 5.75 Å². The van der Waals surface area contributed by atoms with Crippen molar-refractivity contribution in [2.75, 3.05) is 20.6 Å². The van der Waals surface area contributed by atoms with Crippen molar-refractivity contribution in [2.45, 2.75) is 84.0 Å². The van der Waals surface area contributed by atoms with Crippen LogP contribution in [0.1, 0.15) is 84.0 Å². The fourth-order valence-corrected chi connectivity index (χ4v) is 3.15. The zero-order valence-electron chi connectivity index (χ0n) is 16.8. The predicted molar refractivity (Wildman–Crippen MR) is 105 cm³/mol. The summed E-state index contributed by atoms with van der Waals surface area (Å²) in [5.74, 6) is 0.960. The van der Waals surface area contributed by atoms with E-state index in [1.54, 1.807) is 0 Å². The quantitative estimate of drug-likeness (QED) is 0.241. The number of rotatable bonds is 15. The smallest absolute Gasteiger partial charge is 0.190 e. The Morgan fingerprint density at radius 2 is 1.12 bits per heavy atom. The molecule has 1 aromatic rings. The zero-order valence-corrected chi connectivity index (χ0v) is 18.4. The summed E-state index contributed by atoms with van der Waals surface area (Å²) in [7, 11) is 4.29. The molecule has 0 bridgehead atoms. The Labute approximate surface area is 167 Å². The van der Waals surface area contributed by atoms with E-state index in [1.165, 1.54) is 77.0 Å². The lowest BCUT2D eigenvalue weighted by atomic mass is 10.1. The van der Waals surface area contributed by atoms with Crippen molar-refractivity contribution in [3.05, 3.63) is 30.3 Å². The van der Waals surface area contributed by atoms with Crippen molar-refractivity contribution in [2.24, 2.45) is 0 Å². The maximum absolute atomic E-state index is 6.04. The van der Waals surface area contributed by atoms with E-state index in [9.17, 15) is 0 Å². The number of quaternary nitrogens is 1. The number of hydrogen-bond acceptors (Lipinski definition) is 1. The molecule has 2 nitrogen and oxygen atoms in total. The Kier molecular flexibility index (Phi) is 15.4. The Hall–Kier alpha value is -0.540. The summed E-state index contributed by atoms with van der Waals surface area (Å²) < 4.78 is 0.613. The Bertz CT molecular complexity index is 394. The van der Waals surface area contributed by atoms with Gasteiger partial charge in [0, 0.05) is 6.42 Å². The van der Waals surface area contributed by atoms with Crippen LogP contribution in [0.5, 0.6) is 5.75 Å². The van der Waals surface area contributed by atoms with Crippen LogP contribution in [0.15, 0.2) is 30.3 Å². The first-order valence-electron chi connectivity index (χ1n) is 10.2. The number of para-hydroxylation sites is 1. The number of unbranched alkanes of at least 4 members (excludes halogenated alkanes) is 11. The van der Waals surface area contributed by atoms with Gasteiger partial charge in [-0.3, -0.25) is 0 Å². The first-order chi connectivity index (χ1) is 11.6. The van der Waals surface area contributed by atoms with Gasteiger partial charge in [-0.1, -0.05) is 89.3 Å². The lowest BCUT2D eigenvalue weighted by Crippen LogP contribution is -3.00. The summed E-state index contributed by atoms with van der Waals surface area (Å²) in [6, 6.07) is 10.1. The van der Waals surface area contributed by atoms with E-state index < -0.39 is 0 Å². The number of hydroxylamine groups is 3. The number of benzene rings is 1. The average Bonchev–Trinajstić information content (AvgIpc) is 2.56. The van der Waals surface area contributed by atoms with Crippen LogP contribution in [-0.4, -0.2) is 25.3 Å². The second-order valence-electron chi connectivity index (χ2n) is 7.59. The van der Waals surface area contributed by atoms with Crippen LogP contribution in [0.4, 0.5) is 0 Å². The van der Waals surface area contributed by atoms with Gasteiger partial charge in [-0.15, -0.1) is 4.65 Å². The van der Waals surface area contributed by atoms with Gasteiger partial charge in [0.05, 0.1) is 0 Å². The molecule has 0 radical (unpaired) electrons. The minimum atomic E-state index is 0. The summed E-state index contributed by atoms with van der Waals surface area (Å²) in [4.78, 5) is 6.04. The molecule has 0 unspecified atom stereocenters. The fourth-order valence-electron chi connectivity index (χ4n) is 3.15. The molecular formula is C22H40BrNO. The lowest BCUT2D eigenvalue weighted by molar-refractivity contribution is -1.05. The van der Waals surface area contributed by atoms with Gasteiger partial charge >= 0.3 is 0 Å². The molecule has 146 valence electrons. The highest BCUT2D eigenvalue weighted by Gasteiger charge is 2.17. The van der Waals surface area contributed by atoms with Crippen LogP contribution < -0.4 is 21.8 Å². The topological polar surface area (TPSA) is 9.23 Å². The van der Waals surface area contributed by atoms with Crippen LogP contribution in [0, 0.1) is 0 Å². The van der Waals surface area contributed by atoms with E-state index in [2.05, 4.69) is 21.0 Å². The van der Waals surface area contributed by atoms with Gasteiger partial charge in [-0.05, 0) is 18.6 Å². The summed E-state index contributed by atoms with van der Waals surface area (Å²) >= 11 is 0. The molecule has 1 aromatic carbocycles. The Balaban J connectivity index is 0.00000576. The van der Waals surface area contributed by atoms with Crippen molar-refractivity contribution in [3.63, 3.8) is 0 Å². The first-order valence-corrected chi connectivity index (χ1v) is 10.2. The van der Waals surface area contributed by atoms with E-state index in [4.69, 9.17) is 4.84 Å². The molecule has 0 aliphatic carbocycles. The maximum Gasteiger partial charge on any atom is 0.190 e. The largest absolute Gasteiger partial charge is 1.00 e. The monoisotopic (exact) mass is 413 g/mol. The first kappa shape index (κ1) is 24.5. The minimum absolute atomic E-state index is 0. The molecule has 0 aliphatic heterocycles. The molecule has 0 atom stereocenters. The van der Waals surface area contributed by atoms with Crippen LogP contribution >= 0.6 is 0 Å². The van der Waals surface area contributed by atoms with Crippen LogP contribution in [0.2, 0.25) is 0 Å². The third-order valence-corrected chi connectivity index (χ3v) is 4.65. The highest BCUT2D eigenvalue weighted by molar-refractivity contribution is 5.20. The van der Waals surface area contributed by atoms with Crippen molar-refractivity contribution < 1.29 is 26.5 Å². The van der Waals surface area contributed by atoms with E-state index in [1.807, 2.05) is 30.3 Å². The number of nitrogens with zero attached hydrogens (tertiary/aromatic N) is 1. The average molecular weight is 414 g/mol. The predicted octanol–water partition coefficient (Wildman–Crippen LogP) is 3.76. The summed E-state index contributed by atoms with van der Waals surface area (Å²) in [5, 5.41) is 0. The summed E-state index contributed by atoms with van der Waals surface area (Å²) in [6.45, 7) is 3.36. The van der Waals surface area contributed by atoms with Gasteiger partial charge < -0.3 is 21.8 Å².